The van der Waals surface area contributed by atoms with Crippen LogP contribution in [0.1, 0.15) is 145 Å². The molecule has 9 atom stereocenters. The summed E-state index contributed by atoms with van der Waals surface area (Å²) in [4.78, 5) is 41.3. The molecular formula is C47H72N2O5. The van der Waals surface area contributed by atoms with E-state index in [-0.39, 0.29) is 51.6 Å². The van der Waals surface area contributed by atoms with Gasteiger partial charge in [0, 0.05) is 29.8 Å². The second-order valence-corrected chi connectivity index (χ2v) is 21.1. The average Bonchev–Trinajstić information content (AvgIpc) is 3.38. The highest BCUT2D eigenvalue weighted by Crippen LogP contribution is 2.77. The lowest BCUT2D eigenvalue weighted by molar-refractivity contribution is -0.233. The van der Waals surface area contributed by atoms with Crippen LogP contribution in [-0.2, 0) is 19.1 Å². The van der Waals surface area contributed by atoms with E-state index in [2.05, 4.69) is 103 Å². The molecule has 0 spiro atoms. The van der Waals surface area contributed by atoms with Crippen LogP contribution in [0.5, 0.6) is 0 Å². The number of benzene rings is 1. The Morgan fingerprint density at radius 1 is 0.926 bits per heavy atom. The number of likely N-dealkylation sites (N-methyl/N-ethyl adjacent to an activating group) is 1. The van der Waals surface area contributed by atoms with Crippen molar-refractivity contribution in [3.05, 3.63) is 47.0 Å². The van der Waals surface area contributed by atoms with E-state index in [1.807, 2.05) is 0 Å². The summed E-state index contributed by atoms with van der Waals surface area (Å²) in [6, 6.07) is 11.0. The third-order valence-electron chi connectivity index (χ3n) is 16.7. The highest BCUT2D eigenvalue weighted by atomic mass is 16.5. The molecule has 54 heavy (non-hydrogen) atoms. The molecule has 0 bridgehead atoms. The van der Waals surface area contributed by atoms with Gasteiger partial charge in [0.05, 0.1) is 11.8 Å². The minimum atomic E-state index is -1.15. The maximum Gasteiger partial charge on any atom is 0.309 e. The van der Waals surface area contributed by atoms with Crippen molar-refractivity contribution in [2.75, 3.05) is 27.2 Å². The molecule has 7 nitrogen and oxygen atoms in total. The Bertz CT molecular complexity index is 1630. The van der Waals surface area contributed by atoms with Crippen molar-refractivity contribution in [1.29, 1.82) is 0 Å². The number of ether oxygens (including phenoxy) is 1. The monoisotopic (exact) mass is 745 g/mol. The molecule has 0 aromatic heterocycles. The number of nitrogens with one attached hydrogen (secondary N) is 1. The van der Waals surface area contributed by atoms with Crippen molar-refractivity contribution >= 4 is 17.7 Å². The molecule has 5 aliphatic rings. The number of allylic oxidation sites excluding steroid dienone is 2. The summed E-state index contributed by atoms with van der Waals surface area (Å²) in [5.41, 5.74) is 2.97. The van der Waals surface area contributed by atoms with Gasteiger partial charge in [-0.25, -0.2) is 0 Å². The summed E-state index contributed by atoms with van der Waals surface area (Å²) in [6.45, 7) is 21.9. The fraction of sp³-hybridized carbons (Fsp3) is 0.766. The van der Waals surface area contributed by atoms with Crippen molar-refractivity contribution in [2.45, 2.75) is 145 Å². The van der Waals surface area contributed by atoms with Crippen LogP contribution in [-0.4, -0.2) is 61.0 Å². The van der Waals surface area contributed by atoms with Gasteiger partial charge in [-0.2, -0.15) is 0 Å². The van der Waals surface area contributed by atoms with Crippen molar-refractivity contribution in [3.8, 4) is 0 Å². The summed E-state index contributed by atoms with van der Waals surface area (Å²) >= 11 is 0. The van der Waals surface area contributed by atoms with Gasteiger partial charge < -0.3 is 20.1 Å². The van der Waals surface area contributed by atoms with E-state index in [4.69, 9.17) is 4.74 Å². The largest absolute Gasteiger partial charge is 0.481 e. The molecule has 300 valence electrons. The SMILES string of the molecule is CC(C)C1=C2[C@H]3CCC4[C@@]5(C)CC[C@H](OC(=O)CC(C)(C)C(=O)O)C(C)(C)C5CC[C@@]4(C)[C@]3(C)CC[C@@]2(CCN[C@@H](CN(C)C)c2ccccc2)CC1=O. The Morgan fingerprint density at radius 2 is 1.61 bits per heavy atom. The van der Waals surface area contributed by atoms with E-state index in [0.29, 0.717) is 30.0 Å². The van der Waals surface area contributed by atoms with Gasteiger partial charge in [-0.15, -0.1) is 0 Å². The van der Waals surface area contributed by atoms with Crippen LogP contribution in [0.4, 0.5) is 0 Å². The molecule has 7 heteroatoms. The number of esters is 1. The van der Waals surface area contributed by atoms with Gasteiger partial charge in [0.1, 0.15) is 6.10 Å². The Hall–Kier alpha value is -2.51. The third-order valence-corrected chi connectivity index (χ3v) is 16.7. The number of hydrogen-bond donors (Lipinski definition) is 2. The lowest BCUT2D eigenvalue weighted by atomic mass is 9.33. The smallest absolute Gasteiger partial charge is 0.309 e. The van der Waals surface area contributed by atoms with Gasteiger partial charge in [-0.05, 0) is 143 Å². The predicted octanol–water partition coefficient (Wildman–Crippen LogP) is 9.66. The normalized spacial score (nSPS) is 36.6. The first kappa shape index (κ1) is 41.1. The zero-order valence-electron chi connectivity index (χ0n) is 35.6. The molecule has 0 aliphatic heterocycles. The lowest BCUT2D eigenvalue weighted by Crippen LogP contribution is -2.65. The fourth-order valence-corrected chi connectivity index (χ4v) is 13.7. The molecule has 2 unspecified atom stereocenters. The van der Waals surface area contributed by atoms with Crippen molar-refractivity contribution in [3.63, 3.8) is 0 Å². The van der Waals surface area contributed by atoms with E-state index in [1.165, 1.54) is 12.0 Å². The number of ketones is 1. The molecule has 4 fully saturated rings. The highest BCUT2D eigenvalue weighted by molar-refractivity contribution is 6.00. The van der Waals surface area contributed by atoms with Crippen LogP contribution in [0, 0.1) is 56.2 Å². The maximum absolute atomic E-state index is 14.2. The number of rotatable bonds is 12. The molecule has 0 amide bonds. The molecular weight excluding hydrogens is 673 g/mol. The topological polar surface area (TPSA) is 95.9 Å². The number of carbonyl (C=O) groups excluding carboxylic acids is 2. The first-order valence-corrected chi connectivity index (χ1v) is 21.3. The third kappa shape index (κ3) is 6.73. The van der Waals surface area contributed by atoms with Crippen LogP contribution in [0.25, 0.3) is 0 Å². The van der Waals surface area contributed by atoms with Gasteiger partial charge in [0.15, 0.2) is 5.78 Å². The van der Waals surface area contributed by atoms with Gasteiger partial charge in [0.25, 0.3) is 0 Å². The Labute approximate surface area is 326 Å². The van der Waals surface area contributed by atoms with Crippen molar-refractivity contribution < 1.29 is 24.2 Å². The molecule has 0 heterocycles. The van der Waals surface area contributed by atoms with E-state index in [0.717, 1.165) is 70.0 Å². The standard InChI is InChI=1S/C47H72N2O5/c1-30(2)39-34(50)27-47(25-26-48-33(29-49(10)11)31-15-13-12-14-16-31)24-23-45(8)32(40(39)47)17-18-36-44(7)21-20-37(54-38(51)28-42(3,4)41(52)53)43(5,6)35(44)19-22-46(36,45)9/h12-16,30,32-33,35-37,48H,17-29H2,1-11H3,(H,52,53)/t32-,33+,35?,36?,37+,44+,45-,46-,47-/m1/s1. The minimum absolute atomic E-state index is 0.0589. The number of hydrogen-bond acceptors (Lipinski definition) is 6. The lowest BCUT2D eigenvalue weighted by Gasteiger charge is -2.72. The fourth-order valence-electron chi connectivity index (χ4n) is 13.7. The number of Topliss-reactive ketones (excluding diaryl/α,β-unsaturated/α-hetero) is 1. The summed E-state index contributed by atoms with van der Waals surface area (Å²) in [6.07, 6.45) is 10.0. The Morgan fingerprint density at radius 3 is 2.24 bits per heavy atom. The molecule has 1 aromatic carbocycles. The number of nitrogens with zero attached hydrogens (tertiary/aromatic N) is 1. The van der Waals surface area contributed by atoms with E-state index in [1.54, 1.807) is 19.4 Å². The van der Waals surface area contributed by atoms with Crippen LogP contribution in [0.15, 0.2) is 41.5 Å². The van der Waals surface area contributed by atoms with Gasteiger partial charge in [-0.3, -0.25) is 14.4 Å². The van der Waals surface area contributed by atoms with Crippen molar-refractivity contribution in [2.24, 2.45) is 56.2 Å². The van der Waals surface area contributed by atoms with Crippen LogP contribution in [0.3, 0.4) is 0 Å². The number of carboxylic acid groups (broad SMARTS) is 1. The first-order chi connectivity index (χ1) is 25.1. The zero-order chi connectivity index (χ0) is 39.6. The van der Waals surface area contributed by atoms with Crippen LogP contribution < -0.4 is 5.32 Å². The minimum Gasteiger partial charge on any atom is -0.481 e. The first-order valence-electron chi connectivity index (χ1n) is 21.3. The van der Waals surface area contributed by atoms with E-state index < -0.39 is 17.4 Å². The predicted molar refractivity (Wildman–Crippen MR) is 216 cm³/mol. The summed E-state index contributed by atoms with van der Waals surface area (Å²) < 4.78 is 6.20. The quantitative estimate of drug-likeness (QED) is 0.206. The number of carbonyl (C=O) groups is 3. The summed E-state index contributed by atoms with van der Waals surface area (Å²) in [5, 5.41) is 13.6. The summed E-state index contributed by atoms with van der Waals surface area (Å²) in [7, 11) is 4.28. The average molecular weight is 745 g/mol. The second kappa shape index (κ2) is 14.5. The van der Waals surface area contributed by atoms with E-state index in [9.17, 15) is 19.5 Å². The number of fused-ring (bicyclic) bond motifs is 7. The molecule has 6 rings (SSSR count). The van der Waals surface area contributed by atoms with Crippen LogP contribution in [0.2, 0.25) is 0 Å². The van der Waals surface area contributed by atoms with Gasteiger partial charge >= 0.3 is 11.9 Å². The van der Waals surface area contributed by atoms with Crippen molar-refractivity contribution in [1.82, 2.24) is 10.2 Å². The highest BCUT2D eigenvalue weighted by Gasteiger charge is 2.70. The Balaban J connectivity index is 1.25. The second-order valence-electron chi connectivity index (χ2n) is 21.1. The molecule has 0 saturated heterocycles. The zero-order valence-corrected chi connectivity index (χ0v) is 35.6. The number of carboxylic acids is 1. The van der Waals surface area contributed by atoms with Gasteiger partial charge in [-0.1, -0.05) is 84.4 Å². The number of aliphatic carboxylic acids is 1. The molecule has 2 N–H and O–H groups in total. The van der Waals surface area contributed by atoms with E-state index >= 15 is 0 Å². The van der Waals surface area contributed by atoms with Gasteiger partial charge in [0.2, 0.25) is 0 Å². The Kier molecular flexibility index (Phi) is 11.0. The molecule has 1 aromatic rings. The summed E-state index contributed by atoms with van der Waals surface area (Å²) in [5.74, 6) is 0.652. The molecule has 0 radical (unpaired) electrons. The molecule has 5 aliphatic carbocycles. The molecule has 4 saturated carbocycles. The maximum atomic E-state index is 14.2. The van der Waals surface area contributed by atoms with Crippen LogP contribution >= 0.6 is 0 Å².